The highest BCUT2D eigenvalue weighted by molar-refractivity contribution is 5.98. The van der Waals surface area contributed by atoms with Gasteiger partial charge in [-0.05, 0) is 18.2 Å². The summed E-state index contributed by atoms with van der Waals surface area (Å²) in [6.07, 6.45) is -0.672. The van der Waals surface area contributed by atoms with Gasteiger partial charge in [0.15, 0.2) is 0 Å². The van der Waals surface area contributed by atoms with Crippen molar-refractivity contribution < 1.29 is 24.6 Å². The zero-order chi connectivity index (χ0) is 15.3. The number of benzene rings is 1. The molecule has 0 fully saturated rings. The van der Waals surface area contributed by atoms with Gasteiger partial charge < -0.3 is 20.4 Å². The van der Waals surface area contributed by atoms with Gasteiger partial charge in [0.2, 0.25) is 0 Å². The van der Waals surface area contributed by atoms with Crippen LogP contribution in [0.25, 0.3) is 0 Å². The van der Waals surface area contributed by atoms with Crippen LogP contribution in [0.1, 0.15) is 16.8 Å². The largest absolute Gasteiger partial charge is 0.481 e. The monoisotopic (exact) mass is 280 g/mol. The first-order valence-corrected chi connectivity index (χ1v) is 5.84. The Morgan fingerprint density at radius 2 is 1.90 bits per heavy atom. The molecule has 20 heavy (non-hydrogen) atoms. The third-order valence-corrected chi connectivity index (χ3v) is 2.61. The Morgan fingerprint density at radius 1 is 1.25 bits per heavy atom. The summed E-state index contributed by atoms with van der Waals surface area (Å²) in [4.78, 5) is 35.2. The average Bonchev–Trinajstić information content (AvgIpc) is 2.37. The van der Waals surface area contributed by atoms with Gasteiger partial charge in [0, 0.05) is 25.3 Å². The Morgan fingerprint density at radius 3 is 2.40 bits per heavy atom. The maximum absolute atomic E-state index is 11.9. The van der Waals surface area contributed by atoms with Gasteiger partial charge in [-0.1, -0.05) is 6.07 Å². The number of carbonyl (C=O) groups excluding carboxylic acids is 1. The van der Waals surface area contributed by atoms with Crippen molar-refractivity contribution in [1.29, 1.82) is 0 Å². The topological polar surface area (TPSA) is 107 Å². The summed E-state index contributed by atoms with van der Waals surface area (Å²) in [5.41, 5.74) is 1.05. The minimum absolute atomic E-state index is 0.271. The molecule has 1 rings (SSSR count). The van der Waals surface area contributed by atoms with E-state index < -0.39 is 30.3 Å². The van der Waals surface area contributed by atoms with Gasteiger partial charge in [0.1, 0.15) is 6.04 Å². The summed E-state index contributed by atoms with van der Waals surface area (Å²) >= 11 is 0. The van der Waals surface area contributed by atoms with Gasteiger partial charge in [0.05, 0.1) is 6.42 Å². The number of rotatable bonds is 6. The molecule has 0 saturated carbocycles. The minimum atomic E-state index is -1.46. The Bertz CT molecular complexity index is 527. The fourth-order valence-corrected chi connectivity index (χ4v) is 1.54. The lowest BCUT2D eigenvalue weighted by molar-refractivity contribution is -0.145. The highest BCUT2D eigenvalue weighted by Crippen LogP contribution is 2.13. The van der Waals surface area contributed by atoms with Crippen LogP contribution < -0.4 is 10.2 Å². The number of carboxylic acids is 2. The molecule has 0 spiro atoms. The highest BCUT2D eigenvalue weighted by atomic mass is 16.4. The molecular weight excluding hydrogens is 264 g/mol. The second-order valence-corrected chi connectivity index (χ2v) is 4.41. The summed E-state index contributed by atoms with van der Waals surface area (Å²) in [7, 11) is 3.61. The second kappa shape index (κ2) is 6.55. The first kappa shape index (κ1) is 15.5. The van der Waals surface area contributed by atoms with Crippen molar-refractivity contribution in [2.45, 2.75) is 12.5 Å². The molecule has 0 saturated heterocycles. The Kier molecular flexibility index (Phi) is 5.08. The van der Waals surface area contributed by atoms with Crippen LogP contribution in [0, 0.1) is 0 Å². The van der Waals surface area contributed by atoms with E-state index in [9.17, 15) is 14.4 Å². The van der Waals surface area contributed by atoms with Crippen molar-refractivity contribution in [2.75, 3.05) is 19.0 Å². The van der Waals surface area contributed by atoms with Gasteiger partial charge in [-0.15, -0.1) is 0 Å². The quantitative estimate of drug-likeness (QED) is 0.696. The van der Waals surface area contributed by atoms with E-state index in [1.807, 2.05) is 14.1 Å². The summed E-state index contributed by atoms with van der Waals surface area (Å²) < 4.78 is 0. The van der Waals surface area contributed by atoms with E-state index in [0.717, 1.165) is 5.69 Å². The van der Waals surface area contributed by atoms with Crippen LogP contribution in [0.4, 0.5) is 5.69 Å². The molecule has 3 N–H and O–H groups in total. The van der Waals surface area contributed by atoms with E-state index in [-0.39, 0.29) is 5.56 Å². The molecule has 7 heteroatoms. The van der Waals surface area contributed by atoms with Gasteiger partial charge in [0.25, 0.3) is 5.91 Å². The molecule has 0 heterocycles. The lowest BCUT2D eigenvalue weighted by Gasteiger charge is -2.15. The van der Waals surface area contributed by atoms with Crippen LogP contribution in [-0.2, 0) is 9.59 Å². The first-order chi connectivity index (χ1) is 9.31. The summed E-state index contributed by atoms with van der Waals surface area (Å²) in [6.45, 7) is 0. The maximum Gasteiger partial charge on any atom is 0.326 e. The predicted octanol–water partition coefficient (Wildman–Crippen LogP) is 0.410. The van der Waals surface area contributed by atoms with Crippen LogP contribution in [0.15, 0.2) is 24.3 Å². The van der Waals surface area contributed by atoms with Gasteiger partial charge in [-0.3, -0.25) is 9.59 Å². The fourth-order valence-electron chi connectivity index (χ4n) is 1.54. The highest BCUT2D eigenvalue weighted by Gasteiger charge is 2.23. The molecule has 1 aromatic carbocycles. The zero-order valence-electron chi connectivity index (χ0n) is 11.2. The summed E-state index contributed by atoms with van der Waals surface area (Å²) in [5.74, 6) is -3.30. The molecule has 0 radical (unpaired) electrons. The predicted molar refractivity (Wildman–Crippen MR) is 71.9 cm³/mol. The molecule has 0 bridgehead atoms. The van der Waals surface area contributed by atoms with E-state index >= 15 is 0 Å². The fraction of sp³-hybridized carbons (Fsp3) is 0.308. The first-order valence-electron chi connectivity index (χ1n) is 5.84. The van der Waals surface area contributed by atoms with Crippen molar-refractivity contribution >= 4 is 23.5 Å². The lowest BCUT2D eigenvalue weighted by atomic mass is 10.1. The number of carboxylic acid groups (broad SMARTS) is 2. The molecule has 0 aliphatic heterocycles. The van der Waals surface area contributed by atoms with E-state index in [1.165, 1.54) is 6.07 Å². The maximum atomic E-state index is 11.9. The Labute approximate surface area is 115 Å². The van der Waals surface area contributed by atoms with Crippen molar-refractivity contribution in [3.63, 3.8) is 0 Å². The van der Waals surface area contributed by atoms with E-state index in [0.29, 0.717) is 0 Å². The molecule has 1 atom stereocenters. The van der Waals surface area contributed by atoms with Crippen LogP contribution in [0.3, 0.4) is 0 Å². The molecule has 1 amide bonds. The number of amides is 1. The number of aliphatic carboxylic acids is 2. The van der Waals surface area contributed by atoms with Gasteiger partial charge in [-0.2, -0.15) is 0 Å². The van der Waals surface area contributed by atoms with Crippen LogP contribution >= 0.6 is 0 Å². The molecular formula is C13H16N2O5. The molecule has 1 unspecified atom stereocenters. The molecule has 0 aromatic heterocycles. The van der Waals surface area contributed by atoms with Crippen molar-refractivity contribution in [2.24, 2.45) is 0 Å². The minimum Gasteiger partial charge on any atom is -0.481 e. The van der Waals surface area contributed by atoms with Crippen molar-refractivity contribution in [1.82, 2.24) is 5.32 Å². The van der Waals surface area contributed by atoms with E-state index in [4.69, 9.17) is 10.2 Å². The van der Waals surface area contributed by atoms with Crippen molar-refractivity contribution in [3.8, 4) is 0 Å². The number of nitrogens with one attached hydrogen (secondary N) is 1. The third-order valence-electron chi connectivity index (χ3n) is 2.61. The standard InChI is InChI=1S/C13H16N2O5/c1-15(2)9-5-3-4-8(6-9)12(18)14-10(13(19)20)7-11(16)17/h3-6,10H,7H2,1-2H3,(H,14,18)(H,16,17)(H,19,20). The number of carbonyl (C=O) groups is 3. The zero-order valence-corrected chi connectivity index (χ0v) is 11.2. The third kappa shape index (κ3) is 4.27. The molecule has 108 valence electrons. The SMILES string of the molecule is CN(C)c1cccc(C(=O)NC(CC(=O)O)C(=O)O)c1. The Balaban J connectivity index is 2.86. The average molecular weight is 280 g/mol. The summed E-state index contributed by atoms with van der Waals surface area (Å²) in [5, 5.41) is 19.7. The molecule has 0 aliphatic carbocycles. The smallest absolute Gasteiger partial charge is 0.326 e. The van der Waals surface area contributed by atoms with Gasteiger partial charge in [-0.25, -0.2) is 4.79 Å². The van der Waals surface area contributed by atoms with E-state index in [2.05, 4.69) is 5.32 Å². The van der Waals surface area contributed by atoms with Crippen molar-refractivity contribution in [3.05, 3.63) is 29.8 Å². The molecule has 0 aliphatic rings. The molecule has 7 nitrogen and oxygen atoms in total. The van der Waals surface area contributed by atoms with E-state index in [1.54, 1.807) is 23.1 Å². The number of anilines is 1. The Hall–Kier alpha value is -2.57. The van der Waals surface area contributed by atoms with Crippen LogP contribution in [0.2, 0.25) is 0 Å². The normalized spacial score (nSPS) is 11.5. The van der Waals surface area contributed by atoms with Crippen LogP contribution in [0.5, 0.6) is 0 Å². The summed E-state index contributed by atoms with van der Waals surface area (Å²) in [6, 6.07) is 5.12. The van der Waals surface area contributed by atoms with Gasteiger partial charge >= 0.3 is 11.9 Å². The molecule has 1 aromatic rings. The number of nitrogens with zero attached hydrogens (tertiary/aromatic N) is 1. The number of hydrogen-bond acceptors (Lipinski definition) is 4. The second-order valence-electron chi connectivity index (χ2n) is 4.41. The lowest BCUT2D eigenvalue weighted by Crippen LogP contribution is -2.42. The van der Waals surface area contributed by atoms with Crippen LogP contribution in [-0.4, -0.2) is 48.2 Å². The number of hydrogen-bond donors (Lipinski definition) is 3.